The lowest BCUT2D eigenvalue weighted by Gasteiger charge is -2.13. The van der Waals surface area contributed by atoms with Crippen molar-refractivity contribution in [3.63, 3.8) is 0 Å². The first-order valence-electron chi connectivity index (χ1n) is 5.21. The standard InChI is InChI=1S/C11H15Cl2NO3/c12-10-2-1-9(5-11(10)13)17-7-8(16)6-14-3-4-15/h1-2,5,8,14-16H,3-4,6-7H2. The van der Waals surface area contributed by atoms with Crippen LogP contribution in [0.5, 0.6) is 5.75 Å². The van der Waals surface area contributed by atoms with Crippen molar-refractivity contribution >= 4 is 23.2 Å². The van der Waals surface area contributed by atoms with E-state index in [0.29, 0.717) is 28.9 Å². The first kappa shape index (κ1) is 14.5. The van der Waals surface area contributed by atoms with Gasteiger partial charge in [0.2, 0.25) is 0 Å². The van der Waals surface area contributed by atoms with E-state index in [1.807, 2.05) is 0 Å². The molecular formula is C11H15Cl2NO3. The van der Waals surface area contributed by atoms with Gasteiger partial charge in [-0.05, 0) is 12.1 Å². The normalized spacial score (nSPS) is 12.5. The fourth-order valence-corrected chi connectivity index (χ4v) is 1.45. The van der Waals surface area contributed by atoms with Crippen LogP contribution in [0.15, 0.2) is 18.2 Å². The van der Waals surface area contributed by atoms with E-state index >= 15 is 0 Å². The lowest BCUT2D eigenvalue weighted by atomic mass is 10.3. The minimum Gasteiger partial charge on any atom is -0.491 e. The van der Waals surface area contributed by atoms with Crippen molar-refractivity contribution in [2.24, 2.45) is 0 Å². The number of hydrogen-bond donors (Lipinski definition) is 3. The highest BCUT2D eigenvalue weighted by Crippen LogP contribution is 2.26. The maximum Gasteiger partial charge on any atom is 0.121 e. The molecule has 1 atom stereocenters. The fraction of sp³-hybridized carbons (Fsp3) is 0.455. The summed E-state index contributed by atoms with van der Waals surface area (Å²) in [5.41, 5.74) is 0. The third-order valence-electron chi connectivity index (χ3n) is 2.00. The minimum atomic E-state index is -0.643. The Morgan fingerprint density at radius 2 is 2.06 bits per heavy atom. The summed E-state index contributed by atoms with van der Waals surface area (Å²) in [6.45, 7) is 1.00. The Labute approximate surface area is 110 Å². The van der Waals surface area contributed by atoms with Gasteiger partial charge >= 0.3 is 0 Å². The van der Waals surface area contributed by atoms with Gasteiger partial charge in [-0.3, -0.25) is 0 Å². The van der Waals surface area contributed by atoms with Crippen LogP contribution in [0.1, 0.15) is 0 Å². The molecule has 0 heterocycles. The molecule has 1 unspecified atom stereocenters. The molecule has 0 saturated heterocycles. The molecular weight excluding hydrogens is 265 g/mol. The SMILES string of the molecule is OCCNCC(O)COc1ccc(Cl)c(Cl)c1. The highest BCUT2D eigenvalue weighted by molar-refractivity contribution is 6.42. The lowest BCUT2D eigenvalue weighted by Crippen LogP contribution is -2.32. The maximum atomic E-state index is 9.53. The molecule has 0 saturated carbocycles. The van der Waals surface area contributed by atoms with Crippen LogP contribution >= 0.6 is 23.2 Å². The molecule has 1 aromatic carbocycles. The van der Waals surface area contributed by atoms with Crippen molar-refractivity contribution < 1.29 is 14.9 Å². The minimum absolute atomic E-state index is 0.0420. The van der Waals surface area contributed by atoms with E-state index in [1.54, 1.807) is 18.2 Å². The average Bonchev–Trinajstić information content (AvgIpc) is 2.31. The van der Waals surface area contributed by atoms with Crippen LogP contribution in [0.4, 0.5) is 0 Å². The summed E-state index contributed by atoms with van der Waals surface area (Å²) in [5, 5.41) is 21.8. The van der Waals surface area contributed by atoms with Gasteiger partial charge in [-0.1, -0.05) is 23.2 Å². The Morgan fingerprint density at radius 1 is 1.29 bits per heavy atom. The summed E-state index contributed by atoms with van der Waals surface area (Å²) in [5.74, 6) is 0.556. The van der Waals surface area contributed by atoms with Gasteiger partial charge in [0.25, 0.3) is 0 Å². The van der Waals surface area contributed by atoms with E-state index in [4.69, 9.17) is 33.0 Å². The largest absolute Gasteiger partial charge is 0.491 e. The maximum absolute atomic E-state index is 9.53. The monoisotopic (exact) mass is 279 g/mol. The average molecular weight is 280 g/mol. The number of ether oxygens (including phenoxy) is 1. The van der Waals surface area contributed by atoms with E-state index in [1.165, 1.54) is 0 Å². The van der Waals surface area contributed by atoms with E-state index < -0.39 is 6.10 Å². The molecule has 4 nitrogen and oxygen atoms in total. The topological polar surface area (TPSA) is 61.7 Å². The van der Waals surface area contributed by atoms with E-state index in [0.717, 1.165) is 0 Å². The van der Waals surface area contributed by atoms with Crippen molar-refractivity contribution in [2.45, 2.75) is 6.10 Å². The van der Waals surface area contributed by atoms with Gasteiger partial charge in [0, 0.05) is 19.2 Å². The van der Waals surface area contributed by atoms with Crippen LogP contribution in [-0.4, -0.2) is 42.6 Å². The summed E-state index contributed by atoms with van der Waals surface area (Å²) in [6.07, 6.45) is -0.643. The molecule has 0 aromatic heterocycles. The summed E-state index contributed by atoms with van der Waals surface area (Å²) >= 11 is 11.6. The first-order chi connectivity index (χ1) is 8.13. The van der Waals surface area contributed by atoms with Crippen LogP contribution < -0.4 is 10.1 Å². The second kappa shape index (κ2) is 7.74. The third kappa shape index (κ3) is 5.57. The highest BCUT2D eigenvalue weighted by atomic mass is 35.5. The highest BCUT2D eigenvalue weighted by Gasteiger charge is 2.05. The zero-order chi connectivity index (χ0) is 12.7. The number of hydrogen-bond acceptors (Lipinski definition) is 4. The molecule has 1 rings (SSSR count). The molecule has 0 aliphatic rings. The van der Waals surface area contributed by atoms with E-state index in [9.17, 15) is 5.11 Å². The molecule has 0 radical (unpaired) electrons. The molecule has 0 bridgehead atoms. The summed E-state index contributed by atoms with van der Waals surface area (Å²) in [4.78, 5) is 0. The van der Waals surface area contributed by atoms with Crippen LogP contribution in [0, 0.1) is 0 Å². The van der Waals surface area contributed by atoms with Gasteiger partial charge in [-0.2, -0.15) is 0 Å². The number of benzene rings is 1. The molecule has 3 N–H and O–H groups in total. The number of nitrogens with one attached hydrogen (secondary N) is 1. The van der Waals surface area contributed by atoms with Crippen molar-refractivity contribution in [3.05, 3.63) is 28.2 Å². The van der Waals surface area contributed by atoms with Gasteiger partial charge in [0.1, 0.15) is 18.5 Å². The summed E-state index contributed by atoms with van der Waals surface area (Å²) < 4.78 is 5.34. The van der Waals surface area contributed by atoms with Crippen molar-refractivity contribution in [1.29, 1.82) is 0 Å². The first-order valence-corrected chi connectivity index (χ1v) is 5.96. The Bertz CT molecular complexity index is 349. The molecule has 17 heavy (non-hydrogen) atoms. The molecule has 0 amide bonds. The molecule has 0 spiro atoms. The van der Waals surface area contributed by atoms with Crippen LogP contribution in [0.25, 0.3) is 0 Å². The van der Waals surface area contributed by atoms with Crippen LogP contribution in [-0.2, 0) is 0 Å². The Balaban J connectivity index is 2.31. The summed E-state index contributed by atoms with van der Waals surface area (Å²) in [6, 6.07) is 4.91. The predicted octanol–water partition coefficient (Wildman–Crippen LogP) is 1.31. The molecule has 0 aliphatic carbocycles. The fourth-order valence-electron chi connectivity index (χ4n) is 1.17. The molecule has 96 valence electrons. The lowest BCUT2D eigenvalue weighted by molar-refractivity contribution is 0.105. The van der Waals surface area contributed by atoms with Crippen LogP contribution in [0.2, 0.25) is 10.0 Å². The van der Waals surface area contributed by atoms with Crippen molar-refractivity contribution in [3.8, 4) is 5.75 Å². The number of aliphatic hydroxyl groups is 2. The Kier molecular flexibility index (Phi) is 6.62. The predicted molar refractivity (Wildman–Crippen MR) is 67.9 cm³/mol. The Hall–Kier alpha value is -0.520. The molecule has 1 aromatic rings. The quantitative estimate of drug-likeness (QED) is 0.659. The van der Waals surface area contributed by atoms with Gasteiger partial charge < -0.3 is 20.3 Å². The number of aliphatic hydroxyl groups excluding tert-OH is 2. The second-order valence-electron chi connectivity index (χ2n) is 3.47. The molecule has 0 aliphatic heterocycles. The summed E-state index contributed by atoms with van der Waals surface area (Å²) in [7, 11) is 0. The van der Waals surface area contributed by atoms with Crippen LogP contribution in [0.3, 0.4) is 0 Å². The second-order valence-corrected chi connectivity index (χ2v) is 4.28. The Morgan fingerprint density at radius 3 is 2.71 bits per heavy atom. The van der Waals surface area contributed by atoms with Crippen molar-refractivity contribution in [2.75, 3.05) is 26.3 Å². The zero-order valence-corrected chi connectivity index (χ0v) is 10.7. The van der Waals surface area contributed by atoms with E-state index in [-0.39, 0.29) is 13.2 Å². The number of rotatable bonds is 7. The number of halogens is 2. The molecule has 0 fully saturated rings. The third-order valence-corrected chi connectivity index (χ3v) is 2.74. The van der Waals surface area contributed by atoms with E-state index in [2.05, 4.69) is 5.32 Å². The zero-order valence-electron chi connectivity index (χ0n) is 9.20. The molecule has 6 heteroatoms. The van der Waals surface area contributed by atoms with Gasteiger partial charge in [0.05, 0.1) is 16.7 Å². The van der Waals surface area contributed by atoms with Gasteiger partial charge in [-0.15, -0.1) is 0 Å². The smallest absolute Gasteiger partial charge is 0.121 e. The van der Waals surface area contributed by atoms with Gasteiger partial charge in [0.15, 0.2) is 0 Å². The van der Waals surface area contributed by atoms with Gasteiger partial charge in [-0.25, -0.2) is 0 Å². The van der Waals surface area contributed by atoms with Crippen molar-refractivity contribution in [1.82, 2.24) is 5.32 Å².